The predicted molar refractivity (Wildman–Crippen MR) is 83.9 cm³/mol. The molecule has 2 N–H and O–H groups in total. The van der Waals surface area contributed by atoms with Gasteiger partial charge in [0.15, 0.2) is 5.69 Å². The number of amides is 1. The first-order valence-electron chi connectivity index (χ1n) is 6.97. The molecule has 0 spiro atoms. The van der Waals surface area contributed by atoms with Crippen molar-refractivity contribution in [3.05, 3.63) is 52.4 Å². The number of halogens is 1. The van der Waals surface area contributed by atoms with E-state index in [1.54, 1.807) is 30.3 Å². The maximum Gasteiger partial charge on any atom is 0.273 e. The van der Waals surface area contributed by atoms with Crippen LogP contribution in [-0.2, 0) is 5.41 Å². The molecule has 22 heavy (non-hydrogen) atoms. The lowest BCUT2D eigenvalue weighted by molar-refractivity contribution is 0.0907. The number of aromatic nitrogens is 1. The zero-order chi connectivity index (χ0) is 16.3. The lowest BCUT2D eigenvalue weighted by Gasteiger charge is -2.13. The number of nitrogens with one attached hydrogen (secondary N) is 1. The molecule has 0 fully saturated rings. The van der Waals surface area contributed by atoms with Crippen molar-refractivity contribution < 1.29 is 14.4 Å². The highest BCUT2D eigenvalue weighted by molar-refractivity contribution is 6.31. The van der Waals surface area contributed by atoms with Crippen LogP contribution in [0.15, 0.2) is 34.9 Å². The van der Waals surface area contributed by atoms with Gasteiger partial charge in [0.1, 0.15) is 5.76 Å². The molecule has 1 unspecified atom stereocenters. The van der Waals surface area contributed by atoms with Crippen molar-refractivity contribution in [3.63, 3.8) is 0 Å². The average molecular weight is 323 g/mol. The minimum atomic E-state index is -0.883. The van der Waals surface area contributed by atoms with Crippen LogP contribution in [0.25, 0.3) is 0 Å². The van der Waals surface area contributed by atoms with Crippen LogP contribution >= 0.6 is 11.6 Å². The Morgan fingerprint density at radius 1 is 1.41 bits per heavy atom. The van der Waals surface area contributed by atoms with E-state index >= 15 is 0 Å². The zero-order valence-electron chi connectivity index (χ0n) is 12.8. The molecule has 1 aromatic carbocycles. The summed E-state index contributed by atoms with van der Waals surface area (Å²) in [6.07, 6.45) is -0.883. The number of carbonyl (C=O) groups excluding carboxylic acids is 1. The fourth-order valence-corrected chi connectivity index (χ4v) is 2.13. The van der Waals surface area contributed by atoms with Gasteiger partial charge in [-0.1, -0.05) is 55.7 Å². The van der Waals surface area contributed by atoms with Crippen LogP contribution in [0.1, 0.15) is 48.7 Å². The molecule has 1 heterocycles. The average Bonchev–Trinajstić information content (AvgIpc) is 2.95. The van der Waals surface area contributed by atoms with Crippen molar-refractivity contribution in [1.82, 2.24) is 10.5 Å². The van der Waals surface area contributed by atoms with Gasteiger partial charge in [-0.25, -0.2) is 0 Å². The Hall–Kier alpha value is -1.85. The molecule has 0 aliphatic carbocycles. The summed E-state index contributed by atoms with van der Waals surface area (Å²) in [7, 11) is 0. The normalized spacial score (nSPS) is 13.0. The van der Waals surface area contributed by atoms with E-state index in [1.807, 2.05) is 20.8 Å². The Kier molecular flexibility index (Phi) is 4.88. The Labute approximate surface area is 134 Å². The van der Waals surface area contributed by atoms with Crippen LogP contribution in [0.5, 0.6) is 0 Å². The number of hydrogen-bond acceptors (Lipinski definition) is 4. The summed E-state index contributed by atoms with van der Waals surface area (Å²) in [6.45, 7) is 5.95. The summed E-state index contributed by atoms with van der Waals surface area (Å²) in [5.41, 5.74) is 0.541. The number of hydrogen-bond donors (Lipinski definition) is 2. The Balaban J connectivity index is 1.98. The van der Waals surface area contributed by atoms with Crippen LogP contribution in [0.4, 0.5) is 0 Å². The third kappa shape index (κ3) is 3.87. The van der Waals surface area contributed by atoms with Gasteiger partial charge in [-0.05, 0) is 6.07 Å². The molecule has 0 bridgehead atoms. The summed E-state index contributed by atoms with van der Waals surface area (Å²) in [5, 5.41) is 16.9. The van der Waals surface area contributed by atoms with Crippen molar-refractivity contribution in [2.75, 3.05) is 6.54 Å². The van der Waals surface area contributed by atoms with Gasteiger partial charge in [0.25, 0.3) is 5.91 Å². The van der Waals surface area contributed by atoms with Crippen LogP contribution in [0.3, 0.4) is 0 Å². The number of aliphatic hydroxyl groups is 1. The van der Waals surface area contributed by atoms with Crippen LogP contribution in [0.2, 0.25) is 5.02 Å². The monoisotopic (exact) mass is 322 g/mol. The minimum Gasteiger partial charge on any atom is -0.387 e. The van der Waals surface area contributed by atoms with Crippen molar-refractivity contribution in [1.29, 1.82) is 0 Å². The fourth-order valence-electron chi connectivity index (χ4n) is 1.87. The van der Waals surface area contributed by atoms with Crippen molar-refractivity contribution >= 4 is 17.5 Å². The standard InChI is InChI=1S/C16H19ClN2O3/c1-16(2,3)14-8-12(19-22-14)15(21)18-9-13(20)10-6-4-5-7-11(10)17/h4-8,13,20H,9H2,1-3H3,(H,18,21). The molecular weight excluding hydrogens is 304 g/mol. The lowest BCUT2D eigenvalue weighted by Crippen LogP contribution is -2.28. The predicted octanol–water partition coefficient (Wildman–Crippen LogP) is 3.09. The summed E-state index contributed by atoms with van der Waals surface area (Å²) in [4.78, 5) is 12.0. The number of carbonyl (C=O) groups is 1. The topological polar surface area (TPSA) is 75.4 Å². The SMILES string of the molecule is CC(C)(C)c1cc(C(=O)NCC(O)c2ccccc2Cl)no1. The quantitative estimate of drug-likeness (QED) is 0.907. The molecule has 0 aliphatic rings. The van der Waals surface area contributed by atoms with Crippen LogP contribution < -0.4 is 5.32 Å². The number of nitrogens with zero attached hydrogens (tertiary/aromatic N) is 1. The molecule has 1 amide bonds. The van der Waals surface area contributed by atoms with Gasteiger partial charge in [0.05, 0.1) is 6.10 Å². The van der Waals surface area contributed by atoms with E-state index in [0.29, 0.717) is 16.3 Å². The number of rotatable bonds is 4. The third-order valence-corrected chi connectivity index (χ3v) is 3.55. The molecule has 0 saturated carbocycles. The van der Waals surface area contributed by atoms with Crippen LogP contribution in [-0.4, -0.2) is 22.7 Å². The first-order valence-corrected chi connectivity index (χ1v) is 7.34. The second-order valence-electron chi connectivity index (χ2n) is 6.07. The molecule has 0 radical (unpaired) electrons. The molecule has 5 nitrogen and oxygen atoms in total. The molecular formula is C16H19ClN2O3. The Bertz CT molecular complexity index is 661. The first kappa shape index (κ1) is 16.5. The maximum atomic E-state index is 12.0. The molecule has 2 aromatic rings. The first-order chi connectivity index (χ1) is 10.3. The van der Waals surface area contributed by atoms with E-state index in [1.165, 1.54) is 0 Å². The van der Waals surface area contributed by atoms with E-state index in [9.17, 15) is 9.90 Å². The molecule has 2 rings (SSSR count). The molecule has 0 aliphatic heterocycles. The summed E-state index contributed by atoms with van der Waals surface area (Å²) in [5.74, 6) is 0.231. The maximum absolute atomic E-state index is 12.0. The van der Waals surface area contributed by atoms with Crippen molar-refractivity contribution in [2.24, 2.45) is 0 Å². The smallest absolute Gasteiger partial charge is 0.273 e. The van der Waals surface area contributed by atoms with Gasteiger partial charge >= 0.3 is 0 Å². The highest BCUT2D eigenvalue weighted by Crippen LogP contribution is 2.23. The fraction of sp³-hybridized carbons (Fsp3) is 0.375. The molecule has 1 aromatic heterocycles. The van der Waals surface area contributed by atoms with Gasteiger partial charge in [0.2, 0.25) is 0 Å². The van der Waals surface area contributed by atoms with E-state index in [2.05, 4.69) is 10.5 Å². The van der Waals surface area contributed by atoms with Gasteiger partial charge < -0.3 is 14.9 Å². The highest BCUT2D eigenvalue weighted by Gasteiger charge is 2.22. The van der Waals surface area contributed by atoms with E-state index < -0.39 is 12.0 Å². The zero-order valence-corrected chi connectivity index (χ0v) is 13.5. The largest absolute Gasteiger partial charge is 0.387 e. The second kappa shape index (κ2) is 6.50. The van der Waals surface area contributed by atoms with E-state index in [0.717, 1.165) is 0 Å². The van der Waals surface area contributed by atoms with E-state index in [4.69, 9.17) is 16.1 Å². The summed E-state index contributed by atoms with van der Waals surface area (Å²) in [6, 6.07) is 8.57. The molecule has 118 valence electrons. The van der Waals surface area contributed by atoms with Crippen LogP contribution in [0, 0.1) is 0 Å². The van der Waals surface area contributed by atoms with Gasteiger partial charge in [-0.2, -0.15) is 0 Å². The summed E-state index contributed by atoms with van der Waals surface area (Å²) >= 11 is 6.00. The summed E-state index contributed by atoms with van der Waals surface area (Å²) < 4.78 is 5.17. The van der Waals surface area contributed by atoms with Gasteiger partial charge in [0, 0.05) is 28.6 Å². The van der Waals surface area contributed by atoms with Gasteiger partial charge in [-0.15, -0.1) is 0 Å². The Morgan fingerprint density at radius 2 is 2.09 bits per heavy atom. The number of aliphatic hydroxyl groups excluding tert-OH is 1. The highest BCUT2D eigenvalue weighted by atomic mass is 35.5. The number of benzene rings is 1. The van der Waals surface area contributed by atoms with Crippen molar-refractivity contribution in [2.45, 2.75) is 32.3 Å². The van der Waals surface area contributed by atoms with E-state index in [-0.39, 0.29) is 17.7 Å². The molecule has 0 saturated heterocycles. The lowest BCUT2D eigenvalue weighted by atomic mass is 9.93. The molecule has 6 heteroatoms. The third-order valence-electron chi connectivity index (χ3n) is 3.20. The molecule has 1 atom stereocenters. The Morgan fingerprint density at radius 3 is 2.68 bits per heavy atom. The minimum absolute atomic E-state index is 0.0419. The van der Waals surface area contributed by atoms with Crippen molar-refractivity contribution in [3.8, 4) is 0 Å². The van der Waals surface area contributed by atoms with Gasteiger partial charge in [-0.3, -0.25) is 4.79 Å². The second-order valence-corrected chi connectivity index (χ2v) is 6.48.